The molecule has 2 aromatic rings. The van der Waals surface area contributed by atoms with Gasteiger partial charge in [0, 0.05) is 22.5 Å². The van der Waals surface area contributed by atoms with E-state index in [4.69, 9.17) is 23.2 Å². The summed E-state index contributed by atoms with van der Waals surface area (Å²) in [6.07, 6.45) is 0.877. The van der Waals surface area contributed by atoms with E-state index in [0.717, 1.165) is 22.2 Å². The molecule has 5 heteroatoms. The predicted molar refractivity (Wildman–Crippen MR) is 76.8 cm³/mol. The van der Waals surface area contributed by atoms with Gasteiger partial charge >= 0.3 is 5.97 Å². The van der Waals surface area contributed by atoms with E-state index in [9.17, 15) is 4.79 Å². The van der Waals surface area contributed by atoms with Crippen LogP contribution in [0.4, 0.5) is 0 Å². The van der Waals surface area contributed by atoms with Crippen LogP contribution >= 0.6 is 23.2 Å². The molecule has 0 aliphatic carbocycles. The van der Waals surface area contributed by atoms with Crippen molar-refractivity contribution >= 4 is 40.1 Å². The molecule has 1 aromatic carbocycles. The first-order valence-corrected chi connectivity index (χ1v) is 6.59. The van der Waals surface area contributed by atoms with Gasteiger partial charge in [-0.15, -0.1) is 0 Å². The van der Waals surface area contributed by atoms with Crippen LogP contribution in [-0.2, 0) is 16.0 Å². The van der Waals surface area contributed by atoms with E-state index in [1.165, 1.54) is 7.11 Å². The number of hydrogen-bond donors (Lipinski definition) is 0. The van der Waals surface area contributed by atoms with Crippen LogP contribution in [0, 0.1) is 6.92 Å². The molecule has 1 heterocycles. The van der Waals surface area contributed by atoms with Gasteiger partial charge in [0.25, 0.3) is 0 Å². The van der Waals surface area contributed by atoms with Crippen LogP contribution in [0.1, 0.15) is 17.7 Å². The number of methoxy groups -OCH3 is 1. The van der Waals surface area contributed by atoms with Gasteiger partial charge in [-0.05, 0) is 37.1 Å². The summed E-state index contributed by atoms with van der Waals surface area (Å²) in [5, 5.41) is 1.95. The van der Waals surface area contributed by atoms with Gasteiger partial charge in [0.15, 0.2) is 0 Å². The third-order valence-corrected chi connectivity index (χ3v) is 3.38. The maximum absolute atomic E-state index is 11.3. The highest BCUT2D eigenvalue weighted by atomic mass is 35.5. The Morgan fingerprint density at radius 2 is 2.05 bits per heavy atom. The fourth-order valence-corrected chi connectivity index (χ4v) is 2.65. The summed E-state index contributed by atoms with van der Waals surface area (Å²) >= 11 is 12.2. The van der Waals surface area contributed by atoms with Crippen molar-refractivity contribution in [1.29, 1.82) is 0 Å². The Hall–Kier alpha value is -1.32. The van der Waals surface area contributed by atoms with E-state index in [1.54, 1.807) is 12.1 Å². The average molecular weight is 298 g/mol. The van der Waals surface area contributed by atoms with Gasteiger partial charge < -0.3 is 4.74 Å². The summed E-state index contributed by atoms with van der Waals surface area (Å²) in [4.78, 5) is 15.7. The third kappa shape index (κ3) is 3.17. The van der Waals surface area contributed by atoms with Gasteiger partial charge in [0.1, 0.15) is 0 Å². The summed E-state index contributed by atoms with van der Waals surface area (Å²) in [6.45, 7) is 1.90. The molecule has 0 N–H and O–H groups in total. The Morgan fingerprint density at radius 1 is 1.32 bits per heavy atom. The summed E-state index contributed by atoms with van der Waals surface area (Å²) < 4.78 is 4.65. The Balaban J connectivity index is 2.50. The number of esters is 1. The quantitative estimate of drug-likeness (QED) is 0.805. The molecule has 3 nitrogen and oxygen atoms in total. The number of carbonyl (C=O) groups excluding carboxylic acids is 1. The fourth-order valence-electron chi connectivity index (χ4n) is 2.05. The zero-order chi connectivity index (χ0) is 14.0. The van der Waals surface area contributed by atoms with Crippen molar-refractivity contribution in [1.82, 2.24) is 4.98 Å². The number of aryl methyl sites for hydroxylation is 2. The second-order valence-corrected chi connectivity index (χ2v) is 5.12. The minimum atomic E-state index is -0.243. The fraction of sp³-hybridized carbons (Fsp3) is 0.286. The third-order valence-electron chi connectivity index (χ3n) is 2.86. The molecule has 2 rings (SSSR count). The van der Waals surface area contributed by atoms with Crippen LogP contribution in [0.25, 0.3) is 10.9 Å². The number of fused-ring (bicyclic) bond motifs is 1. The van der Waals surface area contributed by atoms with E-state index in [1.807, 2.05) is 13.0 Å². The first-order valence-electron chi connectivity index (χ1n) is 5.83. The first-order chi connectivity index (χ1) is 9.01. The number of nitrogens with zero attached hydrogens (tertiary/aromatic N) is 1. The smallest absolute Gasteiger partial charge is 0.305 e. The molecule has 0 unspecified atom stereocenters. The van der Waals surface area contributed by atoms with Crippen molar-refractivity contribution in [2.24, 2.45) is 0 Å². The number of aromatic nitrogens is 1. The Morgan fingerprint density at radius 3 is 2.74 bits per heavy atom. The number of halogens is 2. The van der Waals surface area contributed by atoms with Crippen LogP contribution in [0.5, 0.6) is 0 Å². The lowest BCUT2D eigenvalue weighted by Gasteiger charge is -2.09. The highest BCUT2D eigenvalue weighted by molar-refractivity contribution is 6.38. The number of pyridine rings is 1. The summed E-state index contributed by atoms with van der Waals surface area (Å²) in [5.41, 5.74) is 2.60. The van der Waals surface area contributed by atoms with E-state index < -0.39 is 0 Å². The van der Waals surface area contributed by atoms with Crippen molar-refractivity contribution in [2.75, 3.05) is 7.11 Å². The van der Waals surface area contributed by atoms with Crippen LogP contribution < -0.4 is 0 Å². The van der Waals surface area contributed by atoms with Crippen molar-refractivity contribution in [3.8, 4) is 0 Å². The summed E-state index contributed by atoms with van der Waals surface area (Å²) in [6, 6.07) is 5.40. The normalized spacial score (nSPS) is 10.7. The predicted octanol–water partition coefficient (Wildman–Crippen LogP) is 3.96. The standard InChI is InChI=1S/C14H13Cl2NO2/c1-8-5-9(3-4-13(18)19-2)14-11(16)6-10(15)7-12(14)17-8/h5-7H,3-4H2,1-2H3. The zero-order valence-corrected chi connectivity index (χ0v) is 12.2. The highest BCUT2D eigenvalue weighted by Gasteiger charge is 2.11. The zero-order valence-electron chi connectivity index (χ0n) is 10.7. The molecule has 0 fully saturated rings. The molecular weight excluding hydrogens is 285 g/mol. The number of hydrogen-bond acceptors (Lipinski definition) is 3. The highest BCUT2D eigenvalue weighted by Crippen LogP contribution is 2.30. The Bertz CT molecular complexity index is 636. The second kappa shape index (κ2) is 5.76. The van der Waals surface area contributed by atoms with E-state index in [-0.39, 0.29) is 5.97 Å². The van der Waals surface area contributed by atoms with Crippen molar-refractivity contribution in [3.63, 3.8) is 0 Å². The maximum atomic E-state index is 11.3. The van der Waals surface area contributed by atoms with Crippen LogP contribution in [0.3, 0.4) is 0 Å². The first kappa shape index (κ1) is 14.1. The molecule has 0 spiro atoms. The topological polar surface area (TPSA) is 39.2 Å². The molecule has 0 atom stereocenters. The molecule has 0 aliphatic rings. The number of ether oxygens (including phenoxy) is 1. The minimum absolute atomic E-state index is 0.243. The molecule has 0 radical (unpaired) electrons. The lowest BCUT2D eigenvalue weighted by molar-refractivity contribution is -0.140. The van der Waals surface area contributed by atoms with E-state index >= 15 is 0 Å². The molecule has 0 aliphatic heterocycles. The minimum Gasteiger partial charge on any atom is -0.469 e. The van der Waals surface area contributed by atoms with E-state index in [0.29, 0.717) is 22.9 Å². The molecule has 1 aromatic heterocycles. The Labute approximate surface area is 121 Å². The van der Waals surface area contributed by atoms with Gasteiger partial charge in [-0.25, -0.2) is 0 Å². The molecular formula is C14H13Cl2NO2. The number of rotatable bonds is 3. The number of benzene rings is 1. The Kier molecular flexibility index (Phi) is 4.27. The number of carbonyl (C=O) groups is 1. The molecule has 0 bridgehead atoms. The average Bonchev–Trinajstić information content (AvgIpc) is 2.34. The second-order valence-electron chi connectivity index (χ2n) is 4.28. The molecule has 19 heavy (non-hydrogen) atoms. The maximum Gasteiger partial charge on any atom is 0.305 e. The van der Waals surface area contributed by atoms with E-state index in [2.05, 4.69) is 9.72 Å². The van der Waals surface area contributed by atoms with Crippen LogP contribution in [0.2, 0.25) is 10.0 Å². The summed E-state index contributed by atoms with van der Waals surface area (Å²) in [7, 11) is 1.38. The largest absolute Gasteiger partial charge is 0.469 e. The summed E-state index contributed by atoms with van der Waals surface area (Å²) in [5.74, 6) is -0.243. The molecule has 0 amide bonds. The monoisotopic (exact) mass is 297 g/mol. The van der Waals surface area contributed by atoms with Gasteiger partial charge in [0.2, 0.25) is 0 Å². The van der Waals surface area contributed by atoms with Crippen LogP contribution in [-0.4, -0.2) is 18.1 Å². The SMILES string of the molecule is COC(=O)CCc1cc(C)nc2cc(Cl)cc(Cl)c12. The van der Waals surface area contributed by atoms with Crippen LogP contribution in [0.15, 0.2) is 18.2 Å². The lowest BCUT2D eigenvalue weighted by atomic mass is 10.0. The molecule has 0 saturated heterocycles. The molecule has 100 valence electrons. The van der Waals surface area contributed by atoms with Crippen molar-refractivity contribution in [3.05, 3.63) is 39.5 Å². The van der Waals surface area contributed by atoms with Gasteiger partial charge in [-0.1, -0.05) is 23.2 Å². The van der Waals surface area contributed by atoms with Gasteiger partial charge in [0.05, 0.1) is 17.6 Å². The molecule has 0 saturated carbocycles. The van der Waals surface area contributed by atoms with Crippen molar-refractivity contribution in [2.45, 2.75) is 19.8 Å². The van der Waals surface area contributed by atoms with Gasteiger partial charge in [-0.3, -0.25) is 9.78 Å². The van der Waals surface area contributed by atoms with Gasteiger partial charge in [-0.2, -0.15) is 0 Å². The lowest BCUT2D eigenvalue weighted by Crippen LogP contribution is -2.03. The van der Waals surface area contributed by atoms with Crippen molar-refractivity contribution < 1.29 is 9.53 Å².